The molecule has 2 heterocycles. The summed E-state index contributed by atoms with van der Waals surface area (Å²) >= 11 is 1.39. The fourth-order valence-corrected chi connectivity index (χ4v) is 3.13. The second kappa shape index (κ2) is 6.85. The van der Waals surface area contributed by atoms with Crippen molar-refractivity contribution in [2.24, 2.45) is 0 Å². The summed E-state index contributed by atoms with van der Waals surface area (Å²) in [5.74, 6) is -0.190. The molecule has 0 spiro atoms. The van der Waals surface area contributed by atoms with Crippen molar-refractivity contribution in [3.05, 3.63) is 22.4 Å². The van der Waals surface area contributed by atoms with Gasteiger partial charge in [0.15, 0.2) is 0 Å². The van der Waals surface area contributed by atoms with Gasteiger partial charge in [-0.05, 0) is 37.8 Å². The smallest absolute Gasteiger partial charge is 0.264 e. The van der Waals surface area contributed by atoms with E-state index in [4.69, 9.17) is 0 Å². The fraction of sp³-hybridized carbons (Fsp3) is 0.571. The summed E-state index contributed by atoms with van der Waals surface area (Å²) < 4.78 is 0. The minimum Gasteiger partial charge on any atom is -0.352 e. The van der Waals surface area contributed by atoms with Gasteiger partial charge in [0.2, 0.25) is 5.91 Å². The summed E-state index contributed by atoms with van der Waals surface area (Å²) in [7, 11) is 1.66. The molecule has 0 bridgehead atoms. The van der Waals surface area contributed by atoms with Crippen molar-refractivity contribution >= 4 is 23.2 Å². The maximum Gasteiger partial charge on any atom is 0.264 e. The largest absolute Gasteiger partial charge is 0.352 e. The second-order valence-corrected chi connectivity index (χ2v) is 6.23. The lowest BCUT2D eigenvalue weighted by Gasteiger charge is -2.29. The first-order chi connectivity index (χ1) is 9.56. The fourth-order valence-electron chi connectivity index (χ4n) is 2.41. The molecule has 2 rings (SSSR count). The standard InChI is InChI=1S/C14H21N3O2S/c1-10-8-11(5-6-15-10)16-13(18)9-17(2)14(19)12-4-3-7-20-12/h3-4,7,10-11,15H,5-6,8-9H2,1-2H3,(H,16,18). The zero-order valence-corrected chi connectivity index (χ0v) is 12.7. The predicted octanol–water partition coefficient (Wildman–Crippen LogP) is 1.08. The van der Waals surface area contributed by atoms with Crippen molar-refractivity contribution in [3.63, 3.8) is 0 Å². The van der Waals surface area contributed by atoms with E-state index in [-0.39, 0.29) is 24.4 Å². The molecule has 0 radical (unpaired) electrons. The van der Waals surface area contributed by atoms with Crippen LogP contribution in [-0.4, -0.2) is 48.9 Å². The Morgan fingerprint density at radius 3 is 3.00 bits per heavy atom. The quantitative estimate of drug-likeness (QED) is 0.874. The molecular weight excluding hydrogens is 274 g/mol. The average molecular weight is 295 g/mol. The van der Waals surface area contributed by atoms with Gasteiger partial charge in [-0.1, -0.05) is 6.07 Å². The molecule has 1 aromatic heterocycles. The van der Waals surface area contributed by atoms with Gasteiger partial charge in [0.1, 0.15) is 0 Å². The Labute approximate surface area is 123 Å². The Bertz CT molecular complexity index is 461. The highest BCUT2D eigenvalue weighted by molar-refractivity contribution is 7.12. The van der Waals surface area contributed by atoms with Crippen LogP contribution >= 0.6 is 11.3 Å². The summed E-state index contributed by atoms with van der Waals surface area (Å²) in [6.45, 7) is 3.15. The Morgan fingerprint density at radius 2 is 2.35 bits per heavy atom. The van der Waals surface area contributed by atoms with E-state index in [1.54, 1.807) is 13.1 Å². The van der Waals surface area contributed by atoms with E-state index >= 15 is 0 Å². The van der Waals surface area contributed by atoms with Crippen molar-refractivity contribution in [2.75, 3.05) is 20.1 Å². The first kappa shape index (κ1) is 15.0. The summed E-state index contributed by atoms with van der Waals surface area (Å²) in [5.41, 5.74) is 0. The van der Waals surface area contributed by atoms with E-state index in [9.17, 15) is 9.59 Å². The van der Waals surface area contributed by atoms with Crippen LogP contribution in [0.25, 0.3) is 0 Å². The van der Waals surface area contributed by atoms with Crippen LogP contribution in [-0.2, 0) is 4.79 Å². The van der Waals surface area contributed by atoms with Crippen molar-refractivity contribution in [1.82, 2.24) is 15.5 Å². The van der Waals surface area contributed by atoms with Crippen LogP contribution in [0.5, 0.6) is 0 Å². The third kappa shape index (κ3) is 4.05. The van der Waals surface area contributed by atoms with Gasteiger partial charge in [-0.2, -0.15) is 0 Å². The second-order valence-electron chi connectivity index (χ2n) is 5.28. The Balaban J connectivity index is 1.80. The molecule has 2 N–H and O–H groups in total. The number of amides is 2. The first-order valence-corrected chi connectivity index (χ1v) is 7.76. The highest BCUT2D eigenvalue weighted by Crippen LogP contribution is 2.11. The number of nitrogens with one attached hydrogen (secondary N) is 2. The van der Waals surface area contributed by atoms with Crippen molar-refractivity contribution < 1.29 is 9.59 Å². The number of likely N-dealkylation sites (N-methyl/N-ethyl adjacent to an activating group) is 1. The van der Waals surface area contributed by atoms with Gasteiger partial charge in [0.25, 0.3) is 5.91 Å². The number of carbonyl (C=O) groups excluding carboxylic acids is 2. The normalized spacial score (nSPS) is 22.3. The van der Waals surface area contributed by atoms with Crippen LogP contribution in [0.2, 0.25) is 0 Å². The summed E-state index contributed by atoms with van der Waals surface area (Å²) in [5, 5.41) is 8.22. The number of hydrogen-bond donors (Lipinski definition) is 2. The molecule has 0 saturated carbocycles. The van der Waals surface area contributed by atoms with Gasteiger partial charge in [0, 0.05) is 19.1 Å². The van der Waals surface area contributed by atoms with E-state index in [1.165, 1.54) is 16.2 Å². The Hall–Kier alpha value is -1.40. The summed E-state index contributed by atoms with van der Waals surface area (Å²) in [6, 6.07) is 4.25. The molecule has 2 unspecified atom stereocenters. The van der Waals surface area contributed by atoms with E-state index in [2.05, 4.69) is 17.6 Å². The minimum atomic E-state index is -0.103. The van der Waals surface area contributed by atoms with Crippen LogP contribution in [0.1, 0.15) is 29.4 Å². The molecule has 20 heavy (non-hydrogen) atoms. The predicted molar refractivity (Wildman–Crippen MR) is 79.9 cm³/mol. The van der Waals surface area contributed by atoms with E-state index in [0.29, 0.717) is 10.9 Å². The monoisotopic (exact) mass is 295 g/mol. The third-order valence-electron chi connectivity index (χ3n) is 3.45. The average Bonchev–Trinajstić information content (AvgIpc) is 2.91. The summed E-state index contributed by atoms with van der Waals surface area (Å²) in [4.78, 5) is 26.1. The molecule has 1 aromatic rings. The molecule has 1 fully saturated rings. The topological polar surface area (TPSA) is 61.4 Å². The zero-order valence-electron chi connectivity index (χ0n) is 11.9. The molecule has 5 nitrogen and oxygen atoms in total. The number of hydrogen-bond acceptors (Lipinski definition) is 4. The van der Waals surface area contributed by atoms with Gasteiger partial charge in [-0.15, -0.1) is 11.3 Å². The van der Waals surface area contributed by atoms with Crippen molar-refractivity contribution in [1.29, 1.82) is 0 Å². The van der Waals surface area contributed by atoms with Crippen LogP contribution in [0.4, 0.5) is 0 Å². The Kier molecular flexibility index (Phi) is 5.14. The molecular formula is C14H21N3O2S. The maximum atomic E-state index is 12.0. The Morgan fingerprint density at radius 1 is 1.55 bits per heavy atom. The first-order valence-electron chi connectivity index (χ1n) is 6.88. The van der Waals surface area contributed by atoms with Gasteiger partial charge in [-0.25, -0.2) is 0 Å². The number of thiophene rings is 1. The number of carbonyl (C=O) groups is 2. The molecule has 0 aromatic carbocycles. The van der Waals surface area contributed by atoms with Crippen LogP contribution in [0, 0.1) is 0 Å². The van der Waals surface area contributed by atoms with Crippen LogP contribution in [0.3, 0.4) is 0 Å². The highest BCUT2D eigenvalue weighted by atomic mass is 32.1. The molecule has 2 amide bonds. The maximum absolute atomic E-state index is 12.0. The van der Waals surface area contributed by atoms with Crippen molar-refractivity contribution in [3.8, 4) is 0 Å². The molecule has 1 saturated heterocycles. The third-order valence-corrected chi connectivity index (χ3v) is 4.31. The highest BCUT2D eigenvalue weighted by Gasteiger charge is 2.21. The lowest BCUT2D eigenvalue weighted by Crippen LogP contribution is -2.49. The van der Waals surface area contributed by atoms with E-state index in [0.717, 1.165) is 19.4 Å². The number of rotatable bonds is 4. The number of nitrogens with zero attached hydrogens (tertiary/aromatic N) is 1. The van der Waals surface area contributed by atoms with Gasteiger partial charge in [0.05, 0.1) is 11.4 Å². The molecule has 6 heteroatoms. The lowest BCUT2D eigenvalue weighted by atomic mass is 10.0. The van der Waals surface area contributed by atoms with Crippen molar-refractivity contribution in [2.45, 2.75) is 31.8 Å². The molecule has 2 atom stereocenters. The van der Waals surface area contributed by atoms with Crippen LogP contribution < -0.4 is 10.6 Å². The summed E-state index contributed by atoms with van der Waals surface area (Å²) in [6.07, 6.45) is 1.88. The lowest BCUT2D eigenvalue weighted by molar-refractivity contribution is -0.122. The molecule has 110 valence electrons. The van der Waals surface area contributed by atoms with E-state index in [1.807, 2.05) is 11.4 Å². The zero-order chi connectivity index (χ0) is 14.5. The molecule has 1 aliphatic heterocycles. The van der Waals surface area contributed by atoms with Gasteiger partial charge < -0.3 is 15.5 Å². The van der Waals surface area contributed by atoms with Gasteiger partial charge >= 0.3 is 0 Å². The van der Waals surface area contributed by atoms with E-state index < -0.39 is 0 Å². The minimum absolute atomic E-state index is 0.0866. The van der Waals surface area contributed by atoms with Crippen LogP contribution in [0.15, 0.2) is 17.5 Å². The van der Waals surface area contributed by atoms with Gasteiger partial charge in [-0.3, -0.25) is 9.59 Å². The SMILES string of the molecule is CC1CC(NC(=O)CN(C)C(=O)c2cccs2)CCN1. The molecule has 1 aliphatic rings. The number of piperidine rings is 1. The molecule has 0 aliphatic carbocycles.